The van der Waals surface area contributed by atoms with Crippen molar-refractivity contribution in [3.05, 3.63) is 101 Å². The first-order valence-electron chi connectivity index (χ1n) is 10.8. The number of amides is 1. The molecule has 0 atom stereocenters. The van der Waals surface area contributed by atoms with E-state index in [1.807, 2.05) is 60.0 Å². The normalized spacial score (nSPS) is 20.1. The number of nitrogens with two attached hydrogens (primary N) is 1. The summed E-state index contributed by atoms with van der Waals surface area (Å²) in [6.45, 7) is 0.563. The zero-order valence-electron chi connectivity index (χ0n) is 18.2. The number of benzene rings is 3. The average Bonchev–Trinajstić information content (AvgIpc) is 3.42. The SMILES string of the molecule is Nc1ccc(-c2cccs2)cc1NC(=O)c1ccc([C@H]2CO[P@](=O)(c3ccccc3)OC2)cc1. The molecule has 0 spiro atoms. The van der Waals surface area contributed by atoms with Gasteiger partial charge in [0.1, 0.15) is 0 Å². The van der Waals surface area contributed by atoms with Crippen LogP contribution in [-0.2, 0) is 13.6 Å². The van der Waals surface area contributed by atoms with Crippen LogP contribution in [0.15, 0.2) is 90.3 Å². The summed E-state index contributed by atoms with van der Waals surface area (Å²) >= 11 is 1.63. The summed E-state index contributed by atoms with van der Waals surface area (Å²) < 4.78 is 24.3. The molecule has 1 amide bonds. The predicted octanol–water partition coefficient (Wildman–Crippen LogP) is 5.90. The molecule has 0 saturated carbocycles. The number of hydrogen-bond donors (Lipinski definition) is 2. The van der Waals surface area contributed by atoms with Gasteiger partial charge in [-0.2, -0.15) is 0 Å². The number of nitrogens with one attached hydrogen (secondary N) is 1. The van der Waals surface area contributed by atoms with Crippen molar-refractivity contribution in [1.29, 1.82) is 0 Å². The fourth-order valence-corrected chi connectivity index (χ4v) is 6.16. The summed E-state index contributed by atoms with van der Waals surface area (Å²) in [6, 6.07) is 25.9. The number of rotatable bonds is 5. The number of anilines is 2. The largest absolute Gasteiger partial charge is 0.397 e. The second-order valence-corrected chi connectivity index (χ2v) is 11.0. The highest BCUT2D eigenvalue weighted by atomic mass is 32.1. The fourth-order valence-electron chi connectivity index (χ4n) is 3.78. The van der Waals surface area contributed by atoms with E-state index < -0.39 is 7.60 Å². The van der Waals surface area contributed by atoms with Crippen molar-refractivity contribution in [3.8, 4) is 10.4 Å². The quantitative estimate of drug-likeness (QED) is 0.269. The average molecular weight is 491 g/mol. The Balaban J connectivity index is 1.25. The van der Waals surface area contributed by atoms with E-state index in [0.717, 1.165) is 16.0 Å². The monoisotopic (exact) mass is 490 g/mol. The third kappa shape index (κ3) is 4.69. The molecule has 1 fully saturated rings. The first kappa shape index (κ1) is 22.6. The van der Waals surface area contributed by atoms with E-state index in [1.165, 1.54) is 0 Å². The predicted molar refractivity (Wildman–Crippen MR) is 137 cm³/mol. The summed E-state index contributed by atoms with van der Waals surface area (Å²) in [5, 5.41) is 5.48. The Morgan fingerprint density at radius 1 is 0.941 bits per heavy atom. The van der Waals surface area contributed by atoms with Crippen molar-refractivity contribution in [1.82, 2.24) is 0 Å². The fraction of sp³-hybridized carbons (Fsp3) is 0.115. The molecular weight excluding hydrogens is 467 g/mol. The van der Waals surface area contributed by atoms with Gasteiger partial charge in [-0.15, -0.1) is 11.3 Å². The van der Waals surface area contributed by atoms with E-state index >= 15 is 0 Å². The van der Waals surface area contributed by atoms with Gasteiger partial charge in [0.2, 0.25) is 0 Å². The highest BCUT2D eigenvalue weighted by Gasteiger charge is 2.34. The summed E-state index contributed by atoms with van der Waals surface area (Å²) in [4.78, 5) is 13.9. The second kappa shape index (κ2) is 9.57. The first-order valence-corrected chi connectivity index (χ1v) is 13.2. The Labute approximate surface area is 201 Å². The van der Waals surface area contributed by atoms with E-state index in [9.17, 15) is 9.36 Å². The van der Waals surface area contributed by atoms with Crippen molar-refractivity contribution >= 4 is 41.5 Å². The summed E-state index contributed by atoms with van der Waals surface area (Å²) in [7, 11) is -3.29. The molecule has 0 unspecified atom stereocenters. The van der Waals surface area contributed by atoms with Gasteiger partial charge >= 0.3 is 7.60 Å². The minimum atomic E-state index is -3.29. The topological polar surface area (TPSA) is 90.6 Å². The van der Waals surface area contributed by atoms with Gasteiger partial charge in [-0.05, 0) is 59.0 Å². The minimum absolute atomic E-state index is 0.0685. The molecule has 1 saturated heterocycles. The van der Waals surface area contributed by atoms with Gasteiger partial charge in [0, 0.05) is 16.4 Å². The van der Waals surface area contributed by atoms with Crippen LogP contribution < -0.4 is 16.4 Å². The van der Waals surface area contributed by atoms with Crippen LogP contribution in [0.1, 0.15) is 21.8 Å². The number of nitrogen functional groups attached to an aromatic ring is 1. The van der Waals surface area contributed by atoms with Crippen LogP contribution in [-0.4, -0.2) is 19.1 Å². The summed E-state index contributed by atoms with van der Waals surface area (Å²) in [5.41, 5.74) is 9.64. The third-order valence-electron chi connectivity index (χ3n) is 5.72. The lowest BCUT2D eigenvalue weighted by molar-refractivity contribution is 0.102. The number of carbonyl (C=O) groups is 1. The molecule has 6 nitrogen and oxygen atoms in total. The van der Waals surface area contributed by atoms with Crippen LogP contribution in [0.4, 0.5) is 11.4 Å². The van der Waals surface area contributed by atoms with Gasteiger partial charge in [-0.25, -0.2) is 0 Å². The Kier molecular flexibility index (Phi) is 6.35. The van der Waals surface area contributed by atoms with Crippen LogP contribution in [0, 0.1) is 0 Å². The maximum absolute atomic E-state index is 12.9. The smallest absolute Gasteiger partial charge is 0.361 e. The van der Waals surface area contributed by atoms with E-state index in [2.05, 4.69) is 5.32 Å². The highest BCUT2D eigenvalue weighted by Crippen LogP contribution is 2.51. The molecule has 1 aromatic heterocycles. The van der Waals surface area contributed by atoms with Crippen molar-refractivity contribution in [2.75, 3.05) is 24.3 Å². The minimum Gasteiger partial charge on any atom is -0.397 e. The molecule has 172 valence electrons. The molecule has 0 aliphatic carbocycles. The standard InChI is InChI=1S/C26H23N2O4PS/c27-23-13-12-20(25-7-4-14-34-25)15-24(23)28-26(29)19-10-8-18(9-11-19)21-16-31-33(30,32-17-21)22-5-2-1-3-6-22/h1-15,21H,16-17,27H2,(H,28,29)/t21-,33+. The Morgan fingerprint density at radius 3 is 2.35 bits per heavy atom. The van der Waals surface area contributed by atoms with Crippen molar-refractivity contribution in [2.45, 2.75) is 5.92 Å². The molecule has 2 heterocycles. The Hall–Kier alpha value is -3.22. The summed E-state index contributed by atoms with van der Waals surface area (Å²) in [6.07, 6.45) is 0. The van der Waals surface area contributed by atoms with Gasteiger partial charge in [-0.1, -0.05) is 42.5 Å². The van der Waals surface area contributed by atoms with Crippen LogP contribution in [0.5, 0.6) is 0 Å². The summed E-state index contributed by atoms with van der Waals surface area (Å²) in [5.74, 6) is -0.313. The number of carbonyl (C=O) groups excluding carboxylic acids is 1. The van der Waals surface area contributed by atoms with Gasteiger partial charge in [0.15, 0.2) is 0 Å². The number of hydrogen-bond acceptors (Lipinski definition) is 6. The highest BCUT2D eigenvalue weighted by molar-refractivity contribution is 7.62. The van der Waals surface area contributed by atoms with Crippen molar-refractivity contribution < 1.29 is 18.4 Å². The van der Waals surface area contributed by atoms with E-state index in [1.54, 1.807) is 41.7 Å². The van der Waals surface area contributed by atoms with Gasteiger partial charge < -0.3 is 20.1 Å². The first-order chi connectivity index (χ1) is 16.5. The molecule has 8 heteroatoms. The molecule has 3 aromatic carbocycles. The van der Waals surface area contributed by atoms with Crippen molar-refractivity contribution in [2.24, 2.45) is 0 Å². The molecular formula is C26H23N2O4PS. The zero-order valence-corrected chi connectivity index (χ0v) is 19.9. The van der Waals surface area contributed by atoms with Crippen molar-refractivity contribution in [3.63, 3.8) is 0 Å². The van der Waals surface area contributed by atoms with Crippen LogP contribution in [0.3, 0.4) is 0 Å². The second-order valence-electron chi connectivity index (χ2n) is 7.98. The van der Waals surface area contributed by atoms with E-state index in [0.29, 0.717) is 22.2 Å². The maximum atomic E-state index is 12.9. The molecule has 3 N–H and O–H groups in total. The van der Waals surface area contributed by atoms with Crippen LogP contribution in [0.2, 0.25) is 0 Å². The van der Waals surface area contributed by atoms with Crippen LogP contribution >= 0.6 is 18.9 Å². The lowest BCUT2D eigenvalue weighted by Gasteiger charge is -2.29. The molecule has 34 heavy (non-hydrogen) atoms. The maximum Gasteiger partial charge on any atom is 0.361 e. The molecule has 0 bridgehead atoms. The molecule has 0 radical (unpaired) electrons. The lowest BCUT2D eigenvalue weighted by Crippen LogP contribution is -2.24. The molecule has 5 rings (SSSR count). The van der Waals surface area contributed by atoms with Crippen LogP contribution in [0.25, 0.3) is 10.4 Å². The Bertz CT molecular complexity index is 1330. The van der Waals surface area contributed by atoms with E-state index in [4.69, 9.17) is 14.8 Å². The molecule has 1 aliphatic rings. The molecule has 4 aromatic rings. The lowest BCUT2D eigenvalue weighted by atomic mass is 9.99. The molecule has 1 aliphatic heterocycles. The zero-order chi connectivity index (χ0) is 23.5. The van der Waals surface area contributed by atoms with Gasteiger partial charge in [-0.3, -0.25) is 9.36 Å². The van der Waals surface area contributed by atoms with E-state index in [-0.39, 0.29) is 25.0 Å². The van der Waals surface area contributed by atoms with Gasteiger partial charge in [0.25, 0.3) is 5.91 Å². The van der Waals surface area contributed by atoms with Gasteiger partial charge in [0.05, 0.1) is 29.9 Å². The Morgan fingerprint density at radius 2 is 1.68 bits per heavy atom. The number of thiophene rings is 1. The third-order valence-corrected chi connectivity index (χ3v) is 8.54.